The van der Waals surface area contributed by atoms with Crippen molar-refractivity contribution in [1.29, 1.82) is 0 Å². The van der Waals surface area contributed by atoms with Crippen molar-refractivity contribution in [2.24, 2.45) is 0 Å². The van der Waals surface area contributed by atoms with E-state index < -0.39 is 28.5 Å². The Morgan fingerprint density at radius 3 is 2.39 bits per heavy atom. The number of nitrogens with zero attached hydrogens (tertiary/aromatic N) is 2. The van der Waals surface area contributed by atoms with Crippen LogP contribution >= 0.6 is 23.2 Å². The van der Waals surface area contributed by atoms with Gasteiger partial charge in [-0.2, -0.15) is 0 Å². The lowest BCUT2D eigenvalue weighted by Crippen LogP contribution is -2.52. The zero-order chi connectivity index (χ0) is 26.9. The number of amides is 2. The molecule has 0 aliphatic rings. The van der Waals surface area contributed by atoms with Crippen molar-refractivity contribution in [3.63, 3.8) is 0 Å². The second-order valence-corrected chi connectivity index (χ2v) is 11.0. The number of rotatable bonds is 13. The summed E-state index contributed by atoms with van der Waals surface area (Å²) >= 11 is 12.2. The fourth-order valence-corrected chi connectivity index (χ4v) is 4.80. The number of nitrogens with one attached hydrogen (secondary N) is 1. The van der Waals surface area contributed by atoms with Crippen LogP contribution in [0.25, 0.3) is 0 Å². The molecule has 0 aliphatic heterocycles. The molecule has 8 nitrogen and oxygen atoms in total. The van der Waals surface area contributed by atoms with Gasteiger partial charge >= 0.3 is 0 Å². The molecule has 2 aromatic carbocycles. The van der Waals surface area contributed by atoms with Crippen molar-refractivity contribution in [3.05, 3.63) is 58.1 Å². The monoisotopic (exact) mass is 557 g/mol. The van der Waals surface area contributed by atoms with Crippen LogP contribution in [0.4, 0.5) is 5.69 Å². The summed E-state index contributed by atoms with van der Waals surface area (Å²) in [5.41, 5.74) is 0.935. The second kappa shape index (κ2) is 13.7. The van der Waals surface area contributed by atoms with Gasteiger partial charge in [0, 0.05) is 19.2 Å². The van der Waals surface area contributed by atoms with Crippen LogP contribution in [0.1, 0.15) is 38.7 Å². The Bertz CT molecular complexity index is 1160. The Hall–Kier alpha value is -2.49. The van der Waals surface area contributed by atoms with Crippen molar-refractivity contribution in [2.75, 3.05) is 30.8 Å². The lowest BCUT2D eigenvalue weighted by atomic mass is 10.1. The molecule has 36 heavy (non-hydrogen) atoms. The zero-order valence-corrected chi connectivity index (χ0v) is 23.3. The third-order valence-electron chi connectivity index (χ3n) is 5.57. The fourth-order valence-electron chi connectivity index (χ4n) is 3.64. The van der Waals surface area contributed by atoms with Crippen LogP contribution in [0, 0.1) is 0 Å². The molecule has 0 bridgehead atoms. The smallest absolute Gasteiger partial charge is 0.244 e. The number of unbranched alkanes of at least 4 members (excludes halogenated alkanes) is 1. The molecule has 11 heteroatoms. The summed E-state index contributed by atoms with van der Waals surface area (Å²) in [5.74, 6) is -0.388. The van der Waals surface area contributed by atoms with Gasteiger partial charge in [0.1, 0.15) is 18.3 Å². The minimum atomic E-state index is -3.84. The van der Waals surface area contributed by atoms with E-state index >= 15 is 0 Å². The van der Waals surface area contributed by atoms with Gasteiger partial charge in [-0.05, 0) is 42.7 Å². The van der Waals surface area contributed by atoms with Gasteiger partial charge in [-0.25, -0.2) is 8.42 Å². The van der Waals surface area contributed by atoms with Crippen LogP contribution in [0.15, 0.2) is 42.5 Å². The molecule has 0 spiro atoms. The summed E-state index contributed by atoms with van der Waals surface area (Å²) in [5, 5.41) is 3.56. The molecule has 2 amide bonds. The van der Waals surface area contributed by atoms with Crippen LogP contribution in [-0.4, -0.2) is 57.6 Å². The second-order valence-electron chi connectivity index (χ2n) is 8.31. The lowest BCUT2D eigenvalue weighted by molar-refractivity contribution is -0.140. The first-order valence-corrected chi connectivity index (χ1v) is 14.2. The van der Waals surface area contributed by atoms with Gasteiger partial charge in [0.25, 0.3) is 0 Å². The molecule has 2 rings (SSSR count). The Kier molecular flexibility index (Phi) is 11.3. The summed E-state index contributed by atoms with van der Waals surface area (Å²) in [6, 6.07) is 10.6. The highest BCUT2D eigenvalue weighted by Crippen LogP contribution is 2.26. The van der Waals surface area contributed by atoms with Gasteiger partial charge in [0.05, 0.1) is 29.1 Å². The first-order chi connectivity index (χ1) is 17.0. The van der Waals surface area contributed by atoms with Crippen LogP contribution in [0.3, 0.4) is 0 Å². The Balaban J connectivity index is 2.44. The number of carbonyl (C=O) groups is 2. The van der Waals surface area contributed by atoms with Crippen molar-refractivity contribution >= 4 is 50.7 Å². The third kappa shape index (κ3) is 8.28. The molecule has 0 fully saturated rings. The van der Waals surface area contributed by atoms with E-state index in [0.717, 1.165) is 23.4 Å². The SMILES string of the molecule is CCCCNC(=O)[C@H](CC)N(Cc1ccc(Cl)c(Cl)c1)C(=O)CN(c1cccc(OC)c1)S(C)(=O)=O. The normalized spacial score (nSPS) is 12.1. The van der Waals surface area contributed by atoms with Gasteiger partial charge in [-0.3, -0.25) is 13.9 Å². The predicted molar refractivity (Wildman–Crippen MR) is 144 cm³/mol. The minimum absolute atomic E-state index is 0.0468. The van der Waals surface area contributed by atoms with Crippen LogP contribution in [0.2, 0.25) is 10.0 Å². The molecule has 0 saturated heterocycles. The highest BCUT2D eigenvalue weighted by atomic mass is 35.5. The van der Waals surface area contributed by atoms with Gasteiger partial charge < -0.3 is 15.0 Å². The number of hydrogen-bond acceptors (Lipinski definition) is 5. The molecule has 0 heterocycles. The first kappa shape index (κ1) is 29.7. The largest absolute Gasteiger partial charge is 0.497 e. The molecule has 0 radical (unpaired) electrons. The van der Waals surface area contributed by atoms with E-state index in [0.29, 0.717) is 34.3 Å². The standard InChI is InChI=1S/C25H33Cl2N3O5S/c1-5-7-13-28-25(32)23(6-2)29(16-18-11-12-21(26)22(27)14-18)24(31)17-30(36(4,33)34)19-9-8-10-20(15-19)35-3/h8-12,14-15,23H,5-7,13,16-17H2,1-4H3,(H,28,32)/t23-/m0/s1. The maximum absolute atomic E-state index is 13.7. The molecule has 1 atom stereocenters. The maximum Gasteiger partial charge on any atom is 0.244 e. The fraction of sp³-hybridized carbons (Fsp3) is 0.440. The molecule has 0 aliphatic carbocycles. The highest BCUT2D eigenvalue weighted by molar-refractivity contribution is 7.92. The van der Waals surface area contributed by atoms with Crippen molar-refractivity contribution in [1.82, 2.24) is 10.2 Å². The molecule has 0 unspecified atom stereocenters. The maximum atomic E-state index is 13.7. The summed E-state index contributed by atoms with van der Waals surface area (Å²) in [6.07, 6.45) is 3.08. The Morgan fingerprint density at radius 2 is 1.81 bits per heavy atom. The third-order valence-corrected chi connectivity index (χ3v) is 7.45. The van der Waals surface area contributed by atoms with Crippen LogP contribution in [-0.2, 0) is 26.2 Å². The molecule has 0 aromatic heterocycles. The summed E-state index contributed by atoms with van der Waals surface area (Å²) in [4.78, 5) is 28.1. The van der Waals surface area contributed by atoms with Crippen molar-refractivity contribution < 1.29 is 22.7 Å². The number of anilines is 1. The Morgan fingerprint density at radius 1 is 1.08 bits per heavy atom. The molecular weight excluding hydrogens is 525 g/mol. The molecule has 198 valence electrons. The van der Waals surface area contributed by atoms with Gasteiger partial charge in [-0.15, -0.1) is 0 Å². The Labute approximate surface area is 223 Å². The van der Waals surface area contributed by atoms with Gasteiger partial charge in [-0.1, -0.05) is 55.6 Å². The van der Waals surface area contributed by atoms with Crippen LogP contribution in [0.5, 0.6) is 5.75 Å². The molecule has 0 saturated carbocycles. The van der Waals surface area contributed by atoms with E-state index in [1.54, 1.807) is 43.3 Å². The van der Waals surface area contributed by atoms with Gasteiger partial charge in [0.2, 0.25) is 21.8 Å². The van der Waals surface area contributed by atoms with E-state index in [1.807, 2.05) is 6.92 Å². The molecular formula is C25H33Cl2N3O5S. The quantitative estimate of drug-likeness (QED) is 0.366. The summed E-state index contributed by atoms with van der Waals surface area (Å²) < 4.78 is 31.6. The number of sulfonamides is 1. The number of halogens is 2. The lowest BCUT2D eigenvalue weighted by Gasteiger charge is -2.33. The van der Waals surface area contributed by atoms with Gasteiger partial charge in [0.15, 0.2) is 0 Å². The number of methoxy groups -OCH3 is 1. The number of benzene rings is 2. The predicted octanol–water partition coefficient (Wildman–Crippen LogP) is 4.49. The van der Waals surface area contributed by atoms with E-state index in [1.165, 1.54) is 18.1 Å². The molecule has 2 aromatic rings. The average molecular weight is 559 g/mol. The van der Waals surface area contributed by atoms with Crippen molar-refractivity contribution in [2.45, 2.75) is 45.7 Å². The average Bonchev–Trinajstić information content (AvgIpc) is 2.83. The van der Waals surface area contributed by atoms with Crippen LogP contribution < -0.4 is 14.4 Å². The summed E-state index contributed by atoms with van der Waals surface area (Å²) in [7, 11) is -2.37. The van der Waals surface area contributed by atoms with E-state index in [9.17, 15) is 18.0 Å². The van der Waals surface area contributed by atoms with E-state index in [2.05, 4.69) is 5.32 Å². The number of hydrogen-bond donors (Lipinski definition) is 1. The first-order valence-electron chi connectivity index (χ1n) is 11.6. The topological polar surface area (TPSA) is 96.0 Å². The van der Waals surface area contributed by atoms with E-state index in [-0.39, 0.29) is 18.1 Å². The molecule has 1 N–H and O–H groups in total. The number of carbonyl (C=O) groups excluding carboxylic acids is 2. The van der Waals surface area contributed by atoms with E-state index in [4.69, 9.17) is 27.9 Å². The van der Waals surface area contributed by atoms with Crippen molar-refractivity contribution in [3.8, 4) is 5.75 Å². The summed E-state index contributed by atoms with van der Waals surface area (Å²) in [6.45, 7) is 3.86. The zero-order valence-electron chi connectivity index (χ0n) is 21.0. The highest BCUT2D eigenvalue weighted by Gasteiger charge is 2.31. The number of ether oxygens (including phenoxy) is 1. The minimum Gasteiger partial charge on any atom is -0.497 e.